The Balaban J connectivity index is -0.0000000257. The Labute approximate surface area is 108 Å². The zero-order chi connectivity index (χ0) is 8.12. The molecule has 7 heteroatoms. The molecule has 1 radical (unpaired) electrons. The van der Waals surface area contributed by atoms with Gasteiger partial charge in [0.05, 0.1) is 0 Å². The predicted octanol–water partition coefficient (Wildman–Crippen LogP) is 1.98. The van der Waals surface area contributed by atoms with Crippen LogP contribution in [0.5, 0.6) is 0 Å². The zero-order valence-corrected chi connectivity index (χ0v) is 10.2. The van der Waals surface area contributed by atoms with Crippen LogP contribution in [0.3, 0.4) is 0 Å². The molecule has 0 bridgehead atoms. The van der Waals surface area contributed by atoms with Gasteiger partial charge in [0.15, 0.2) is 0 Å². The second kappa shape index (κ2) is 52.8. The van der Waals surface area contributed by atoms with Crippen LogP contribution in [0.25, 0.3) is 16.2 Å². The number of nitrogens with zero attached hydrogens (tertiary/aromatic N) is 3. The molecule has 49 valence electrons. The van der Waals surface area contributed by atoms with Crippen molar-refractivity contribution in [2.24, 2.45) is 0 Å². The van der Waals surface area contributed by atoms with Crippen molar-refractivity contribution in [3.63, 3.8) is 0 Å². The fraction of sp³-hybridized carbons (Fsp3) is 0. The van der Waals surface area contributed by atoms with Crippen LogP contribution < -0.4 is 0 Å². The summed E-state index contributed by atoms with van der Waals surface area (Å²) in [5.74, 6) is 0. The first-order chi connectivity index (χ1) is 4.24. The predicted molar refractivity (Wildman–Crippen MR) is 47.9 cm³/mol. The van der Waals surface area contributed by atoms with Gasteiger partial charge in [0.2, 0.25) is 0 Å². The summed E-state index contributed by atoms with van der Waals surface area (Å²) < 4.78 is 0. The van der Waals surface area contributed by atoms with Crippen molar-refractivity contribution in [3.05, 3.63) is 16.2 Å². The van der Waals surface area contributed by atoms with E-state index in [1.165, 1.54) is 15.5 Å². The Kier molecular flexibility index (Phi) is 118. The van der Waals surface area contributed by atoms with Crippen molar-refractivity contribution >= 4 is 52.1 Å². The molecule has 0 spiro atoms. The smallest absolute Gasteiger partial charge is 0.753 e. The Morgan fingerprint density at radius 2 is 0.700 bits per heavy atom. The third-order valence-corrected chi connectivity index (χ3v) is 0. The molecule has 0 aromatic rings. The maximum Gasteiger partial charge on any atom is 3.00 e. The molecule has 0 amide bonds. The van der Waals surface area contributed by atoms with E-state index in [-0.39, 0.29) is 41.7 Å². The average molecular weight is 314 g/mol. The molecule has 0 fully saturated rings. The molecule has 0 rings (SSSR count). The number of hydrogen-bond acceptors (Lipinski definition) is 3. The summed E-state index contributed by atoms with van der Waals surface area (Å²) in [5, 5.41) is 25.4. The van der Waals surface area contributed by atoms with Gasteiger partial charge in [-0.3, -0.25) is 0 Å². The first-order valence-electron chi connectivity index (χ1n) is 1.28. The second-order valence-corrected chi connectivity index (χ2v) is 0.822. The van der Waals surface area contributed by atoms with Gasteiger partial charge < -0.3 is 16.2 Å². The molecular formula is C3CeN3S3. The van der Waals surface area contributed by atoms with E-state index >= 15 is 0 Å². The van der Waals surface area contributed by atoms with Gasteiger partial charge in [-0.1, -0.05) is 36.7 Å². The number of thiocarbonyl (C=S) groups is 3. The van der Waals surface area contributed by atoms with E-state index in [4.69, 9.17) is 16.2 Å². The molecule has 0 atom stereocenters. The minimum Gasteiger partial charge on any atom is -0.753 e. The van der Waals surface area contributed by atoms with Crippen molar-refractivity contribution in [2.45, 2.75) is 0 Å². The molecule has 0 aromatic heterocycles. The molecule has 0 N–H and O–H groups in total. The van der Waals surface area contributed by atoms with E-state index < -0.39 is 0 Å². The Hall–Kier alpha value is 0.777. The van der Waals surface area contributed by atoms with Crippen LogP contribution in [0.15, 0.2) is 0 Å². The molecule has 0 aliphatic rings. The Morgan fingerprint density at radius 1 is 0.700 bits per heavy atom. The van der Waals surface area contributed by atoms with Crippen molar-refractivity contribution in [1.82, 2.24) is 0 Å². The fourth-order valence-electron chi connectivity index (χ4n) is 0. The van der Waals surface area contributed by atoms with Gasteiger partial charge in [-0.15, -0.1) is 0 Å². The van der Waals surface area contributed by atoms with Crippen LogP contribution in [0, 0.1) is 41.7 Å². The van der Waals surface area contributed by atoms with Gasteiger partial charge >= 0.3 is 41.7 Å². The standard InChI is InChI=1S/3CNS.Ce/c3*2-1-3;/q3*-1;+3. The fourth-order valence-corrected chi connectivity index (χ4v) is 0. The summed E-state index contributed by atoms with van der Waals surface area (Å²) >= 11 is 11.1. The summed E-state index contributed by atoms with van der Waals surface area (Å²) in [4.78, 5) is 0. The van der Waals surface area contributed by atoms with E-state index in [0.29, 0.717) is 0 Å². The molecule has 10 heavy (non-hydrogen) atoms. The van der Waals surface area contributed by atoms with Crippen LogP contribution in [-0.4, -0.2) is 15.5 Å². The first-order valence-corrected chi connectivity index (χ1v) is 2.51. The van der Waals surface area contributed by atoms with Crippen LogP contribution in [0.1, 0.15) is 0 Å². The minimum absolute atomic E-state index is 0. The summed E-state index contributed by atoms with van der Waals surface area (Å²) in [6, 6.07) is 0. The van der Waals surface area contributed by atoms with Gasteiger partial charge in [0.25, 0.3) is 0 Å². The molecule has 0 aliphatic carbocycles. The van der Waals surface area contributed by atoms with Gasteiger partial charge in [-0.05, 0) is 0 Å². The molecule has 0 aliphatic heterocycles. The Bertz CT molecular complexity index is 111. The van der Waals surface area contributed by atoms with Gasteiger partial charge in [-0.25, -0.2) is 0 Å². The molecule has 0 aromatic carbocycles. The maximum absolute atomic E-state index is 7.13. The number of isothiocyanates is 3. The normalized spacial score (nSPS) is 2.40. The average Bonchev–Trinajstić information content (AvgIpc) is 1.70. The summed E-state index contributed by atoms with van der Waals surface area (Å²) in [7, 11) is 0. The van der Waals surface area contributed by atoms with Crippen LogP contribution in [0.2, 0.25) is 0 Å². The molecule has 0 unspecified atom stereocenters. The monoisotopic (exact) mass is 314 g/mol. The molecular weight excluding hydrogens is 314 g/mol. The Morgan fingerprint density at radius 3 is 0.700 bits per heavy atom. The van der Waals surface area contributed by atoms with Crippen LogP contribution >= 0.6 is 36.7 Å². The quantitative estimate of drug-likeness (QED) is 0.507. The molecule has 3 nitrogen and oxygen atoms in total. The number of hydrogen-bond donors (Lipinski definition) is 0. The summed E-state index contributed by atoms with van der Waals surface area (Å²) in [6.07, 6.45) is 0. The largest absolute Gasteiger partial charge is 3.00 e. The topological polar surface area (TPSA) is 66.9 Å². The van der Waals surface area contributed by atoms with Gasteiger partial charge in [0.1, 0.15) is 0 Å². The van der Waals surface area contributed by atoms with E-state index in [2.05, 4.69) is 36.7 Å². The second-order valence-electron chi connectivity index (χ2n) is 0.274. The van der Waals surface area contributed by atoms with E-state index in [1.807, 2.05) is 0 Å². The minimum atomic E-state index is 0. The van der Waals surface area contributed by atoms with E-state index in [0.717, 1.165) is 0 Å². The zero-order valence-electron chi connectivity index (χ0n) is 4.57. The van der Waals surface area contributed by atoms with Crippen molar-refractivity contribution in [1.29, 1.82) is 0 Å². The first kappa shape index (κ1) is 22.4. The van der Waals surface area contributed by atoms with Crippen LogP contribution in [0.4, 0.5) is 0 Å². The maximum atomic E-state index is 7.13. The van der Waals surface area contributed by atoms with Gasteiger partial charge in [0, 0.05) is 0 Å². The summed E-state index contributed by atoms with van der Waals surface area (Å²) in [6.45, 7) is 0. The van der Waals surface area contributed by atoms with Crippen molar-refractivity contribution in [3.8, 4) is 0 Å². The molecule has 0 heterocycles. The SMILES string of the molecule is [Ce+3].[N-]=C=S.[N-]=C=S.[N-]=C=S. The number of rotatable bonds is 0. The third-order valence-electron chi connectivity index (χ3n) is 0. The van der Waals surface area contributed by atoms with Crippen LogP contribution in [-0.2, 0) is 0 Å². The summed E-state index contributed by atoms with van der Waals surface area (Å²) in [5.41, 5.74) is 0. The van der Waals surface area contributed by atoms with Crippen molar-refractivity contribution in [2.75, 3.05) is 0 Å². The van der Waals surface area contributed by atoms with Gasteiger partial charge in [-0.2, -0.15) is 15.5 Å². The van der Waals surface area contributed by atoms with Crippen molar-refractivity contribution < 1.29 is 41.7 Å². The molecule has 0 saturated heterocycles. The third kappa shape index (κ3) is 880. The molecule has 0 saturated carbocycles. The van der Waals surface area contributed by atoms with E-state index in [9.17, 15) is 0 Å². The van der Waals surface area contributed by atoms with E-state index in [1.54, 1.807) is 0 Å².